The number of nitrogens with zero attached hydrogens (tertiary/aromatic N) is 7. The Labute approximate surface area is 162 Å². The first-order valence-electron chi connectivity index (χ1n) is 8.40. The van der Waals surface area contributed by atoms with E-state index in [9.17, 15) is 5.11 Å². The Hall–Kier alpha value is -1.64. The van der Waals surface area contributed by atoms with Crippen molar-refractivity contribution in [3.05, 3.63) is 16.8 Å². The zero-order chi connectivity index (χ0) is 19.3. The van der Waals surface area contributed by atoms with E-state index >= 15 is 0 Å². The molecule has 2 aromatic rings. The number of fused-ring (bicyclic) bond motifs is 1. The number of aliphatic imine (C=N–C) groups is 1. The highest BCUT2D eigenvalue weighted by molar-refractivity contribution is 6.35. The van der Waals surface area contributed by atoms with Crippen molar-refractivity contribution in [2.24, 2.45) is 21.1 Å². The number of aliphatic hydroxyl groups excluding tert-OH is 1. The minimum atomic E-state index is -0.278. The van der Waals surface area contributed by atoms with Crippen LogP contribution in [0.25, 0.3) is 11.2 Å². The Bertz CT molecular complexity index is 792. The van der Waals surface area contributed by atoms with Crippen molar-refractivity contribution < 1.29 is 5.11 Å². The van der Waals surface area contributed by atoms with Gasteiger partial charge in [-0.1, -0.05) is 25.4 Å². The highest BCUT2D eigenvalue weighted by Gasteiger charge is 2.32. The number of aliphatic hydroxyl groups is 1. The molecule has 0 amide bonds. The number of azo groups is 1. The van der Waals surface area contributed by atoms with Crippen LogP contribution in [0.5, 0.6) is 0 Å². The van der Waals surface area contributed by atoms with Crippen molar-refractivity contribution in [2.75, 3.05) is 14.1 Å². The molecule has 1 aliphatic carbocycles. The third-order valence-electron chi connectivity index (χ3n) is 4.35. The van der Waals surface area contributed by atoms with Gasteiger partial charge in [-0.05, 0) is 30.4 Å². The molecule has 3 rings (SSSR count). The van der Waals surface area contributed by atoms with E-state index in [0.29, 0.717) is 17.6 Å². The van der Waals surface area contributed by atoms with Crippen LogP contribution in [-0.4, -0.2) is 50.7 Å². The van der Waals surface area contributed by atoms with Gasteiger partial charge in [-0.3, -0.25) is 4.99 Å². The summed E-state index contributed by atoms with van der Waals surface area (Å²) in [5, 5.41) is 17.5. The van der Waals surface area contributed by atoms with E-state index in [1.807, 2.05) is 18.4 Å². The standard InChI is InChI=1S/C11H12Cl2N4O.C5H11N3/c1-5-2-6(3-7(5)18)17-4-14-8-9(12)15-11(13)16-10(8)17;1-4-5(6-2)8-7-3/h4-7,18H,2-3H2,1H3;4H2,1-3H3/t5-,6+,7-;/m0./s1. The Morgan fingerprint density at radius 3 is 2.54 bits per heavy atom. The number of aromatic nitrogens is 4. The first kappa shape index (κ1) is 20.7. The molecule has 1 aliphatic rings. The summed E-state index contributed by atoms with van der Waals surface area (Å²) in [6.07, 6.45) is 3.86. The quantitative estimate of drug-likeness (QED) is 0.271. The fraction of sp³-hybridized carbons (Fsp3) is 0.625. The SMILES string of the molecule is CCC(N=NC)=NC.C[C@H]1C[C@@H](n2cnc3c(Cl)nc(Cl)nc32)C[C@@H]1O. The molecule has 1 saturated carbocycles. The molecule has 10 heteroatoms. The predicted molar refractivity (Wildman–Crippen MR) is 103 cm³/mol. The Balaban J connectivity index is 0.000000260. The van der Waals surface area contributed by atoms with Crippen molar-refractivity contribution in [1.29, 1.82) is 0 Å². The summed E-state index contributed by atoms with van der Waals surface area (Å²) in [4.78, 5) is 16.1. The number of hydrogen-bond acceptors (Lipinski definition) is 6. The number of imidazole rings is 1. The van der Waals surface area contributed by atoms with E-state index in [2.05, 4.69) is 30.2 Å². The second-order valence-electron chi connectivity index (χ2n) is 6.07. The normalized spacial score (nSPS) is 23.5. The van der Waals surface area contributed by atoms with E-state index in [-0.39, 0.29) is 28.5 Å². The maximum atomic E-state index is 9.83. The Morgan fingerprint density at radius 2 is 2.04 bits per heavy atom. The minimum Gasteiger partial charge on any atom is -0.393 e. The molecule has 142 valence electrons. The highest BCUT2D eigenvalue weighted by Crippen LogP contribution is 2.36. The summed E-state index contributed by atoms with van der Waals surface area (Å²) in [5.74, 6) is 1.08. The van der Waals surface area contributed by atoms with E-state index in [1.54, 1.807) is 20.4 Å². The van der Waals surface area contributed by atoms with Crippen LogP contribution in [0.1, 0.15) is 39.2 Å². The largest absolute Gasteiger partial charge is 0.393 e. The molecule has 26 heavy (non-hydrogen) atoms. The first-order valence-corrected chi connectivity index (χ1v) is 9.15. The van der Waals surface area contributed by atoms with Crippen molar-refractivity contribution in [2.45, 2.75) is 45.3 Å². The summed E-state index contributed by atoms with van der Waals surface area (Å²) >= 11 is 11.8. The van der Waals surface area contributed by atoms with Gasteiger partial charge in [0.1, 0.15) is 11.4 Å². The highest BCUT2D eigenvalue weighted by atomic mass is 35.5. The van der Waals surface area contributed by atoms with Crippen LogP contribution in [0.4, 0.5) is 0 Å². The van der Waals surface area contributed by atoms with Crippen molar-refractivity contribution in [3.63, 3.8) is 0 Å². The van der Waals surface area contributed by atoms with Gasteiger partial charge in [0.25, 0.3) is 0 Å². The smallest absolute Gasteiger partial charge is 0.225 e. The molecule has 0 aliphatic heterocycles. The maximum Gasteiger partial charge on any atom is 0.225 e. The van der Waals surface area contributed by atoms with Crippen molar-refractivity contribution in [3.8, 4) is 0 Å². The summed E-state index contributed by atoms with van der Waals surface area (Å²) in [6, 6.07) is 0.182. The zero-order valence-electron chi connectivity index (χ0n) is 15.3. The molecule has 0 bridgehead atoms. The Morgan fingerprint density at radius 1 is 1.31 bits per heavy atom. The van der Waals surface area contributed by atoms with Gasteiger partial charge in [0.05, 0.1) is 12.4 Å². The fourth-order valence-corrected chi connectivity index (χ4v) is 3.36. The minimum absolute atomic E-state index is 0.112. The van der Waals surface area contributed by atoms with Gasteiger partial charge in [0.15, 0.2) is 10.8 Å². The molecule has 0 aromatic carbocycles. The third-order valence-corrected chi connectivity index (χ3v) is 4.78. The van der Waals surface area contributed by atoms with Crippen molar-refractivity contribution in [1.82, 2.24) is 19.5 Å². The average molecular weight is 400 g/mol. The second kappa shape index (κ2) is 9.34. The lowest BCUT2D eigenvalue weighted by atomic mass is 10.1. The molecule has 3 atom stereocenters. The average Bonchev–Trinajstić information content (AvgIpc) is 3.17. The molecule has 1 fully saturated rings. The van der Waals surface area contributed by atoms with Gasteiger partial charge in [-0.25, -0.2) is 9.97 Å². The van der Waals surface area contributed by atoms with Crippen LogP contribution < -0.4 is 0 Å². The number of amidine groups is 1. The third kappa shape index (κ3) is 4.75. The summed E-state index contributed by atoms with van der Waals surface area (Å²) in [6.45, 7) is 4.04. The number of hydrogen-bond donors (Lipinski definition) is 1. The predicted octanol–water partition coefficient (Wildman–Crippen LogP) is 3.97. The molecule has 2 heterocycles. The lowest BCUT2D eigenvalue weighted by molar-refractivity contribution is 0.139. The topological polar surface area (TPSA) is 101 Å². The monoisotopic (exact) mass is 399 g/mol. The Kier molecular flexibility index (Phi) is 7.43. The summed E-state index contributed by atoms with van der Waals surface area (Å²) in [7, 11) is 3.36. The van der Waals surface area contributed by atoms with Gasteiger partial charge < -0.3 is 9.67 Å². The van der Waals surface area contributed by atoms with Gasteiger partial charge in [-0.15, -0.1) is 5.11 Å². The molecule has 1 N–H and O–H groups in total. The molecule has 0 saturated heterocycles. The molecule has 2 aromatic heterocycles. The first-order chi connectivity index (χ1) is 12.4. The molecule has 8 nitrogen and oxygen atoms in total. The van der Waals surface area contributed by atoms with Crippen LogP contribution in [0, 0.1) is 5.92 Å². The number of halogens is 2. The lowest BCUT2D eigenvalue weighted by Crippen LogP contribution is -2.09. The maximum absolute atomic E-state index is 9.83. The van der Waals surface area contributed by atoms with Gasteiger partial charge >= 0.3 is 0 Å². The van der Waals surface area contributed by atoms with E-state index in [0.717, 1.165) is 18.7 Å². The lowest BCUT2D eigenvalue weighted by Gasteiger charge is -2.11. The molecule has 0 unspecified atom stereocenters. The van der Waals surface area contributed by atoms with Crippen LogP contribution in [0.3, 0.4) is 0 Å². The zero-order valence-corrected chi connectivity index (χ0v) is 16.8. The fourth-order valence-electron chi connectivity index (χ4n) is 2.93. The summed E-state index contributed by atoms with van der Waals surface area (Å²) in [5.41, 5.74) is 1.18. The molecule has 0 spiro atoms. The van der Waals surface area contributed by atoms with Crippen LogP contribution in [-0.2, 0) is 0 Å². The van der Waals surface area contributed by atoms with E-state index in [1.165, 1.54) is 0 Å². The molecular formula is C16H23Cl2N7O. The van der Waals surface area contributed by atoms with E-state index < -0.39 is 0 Å². The molecular weight excluding hydrogens is 377 g/mol. The summed E-state index contributed by atoms with van der Waals surface area (Å²) < 4.78 is 1.93. The number of rotatable bonds is 2. The van der Waals surface area contributed by atoms with E-state index in [4.69, 9.17) is 23.2 Å². The van der Waals surface area contributed by atoms with Gasteiger partial charge in [0.2, 0.25) is 5.28 Å². The molecule has 0 radical (unpaired) electrons. The van der Waals surface area contributed by atoms with Crippen LogP contribution in [0.2, 0.25) is 10.4 Å². The van der Waals surface area contributed by atoms with Crippen LogP contribution >= 0.6 is 23.2 Å². The van der Waals surface area contributed by atoms with Crippen LogP contribution in [0.15, 0.2) is 21.5 Å². The van der Waals surface area contributed by atoms with Gasteiger partial charge in [-0.2, -0.15) is 10.1 Å². The van der Waals surface area contributed by atoms with Crippen molar-refractivity contribution >= 4 is 40.2 Å². The van der Waals surface area contributed by atoms with Gasteiger partial charge in [0, 0.05) is 26.6 Å². The second-order valence-corrected chi connectivity index (χ2v) is 6.77.